The van der Waals surface area contributed by atoms with E-state index < -0.39 is 0 Å². The number of rotatable bonds is 3. The van der Waals surface area contributed by atoms with E-state index >= 15 is 0 Å². The molecule has 3 heteroatoms. The predicted octanol–water partition coefficient (Wildman–Crippen LogP) is 3.14. The van der Waals surface area contributed by atoms with Gasteiger partial charge in [0.2, 0.25) is 0 Å². The average Bonchev–Trinajstić information content (AvgIpc) is 2.37. The summed E-state index contributed by atoms with van der Waals surface area (Å²) in [5.41, 5.74) is 5.57. The first-order valence-corrected chi connectivity index (χ1v) is 6.38. The largest absolute Gasteiger partial charge is 0.294 e. The Labute approximate surface area is 113 Å². The summed E-state index contributed by atoms with van der Waals surface area (Å²) in [5.74, 6) is 0.105. The summed E-state index contributed by atoms with van der Waals surface area (Å²) < 4.78 is 0. The Bertz CT molecular complexity index is 612. The topological polar surface area (TPSA) is 42.9 Å². The van der Waals surface area contributed by atoms with Gasteiger partial charge in [-0.2, -0.15) is 10.2 Å². The van der Waals surface area contributed by atoms with Crippen molar-refractivity contribution in [3.05, 3.63) is 57.9 Å². The lowest BCUT2D eigenvalue weighted by Crippen LogP contribution is -2.10. The van der Waals surface area contributed by atoms with Crippen LogP contribution in [0, 0.1) is 27.7 Å². The Kier molecular flexibility index (Phi) is 3.74. The van der Waals surface area contributed by atoms with Gasteiger partial charge < -0.3 is 0 Å². The van der Waals surface area contributed by atoms with Crippen LogP contribution in [0.3, 0.4) is 0 Å². The average molecular weight is 254 g/mol. The summed E-state index contributed by atoms with van der Waals surface area (Å²) in [4.78, 5) is 12.4. The Balaban J connectivity index is 2.34. The lowest BCUT2D eigenvalue weighted by atomic mass is 9.95. The molecule has 0 atom stereocenters. The lowest BCUT2D eigenvalue weighted by Gasteiger charge is -2.10. The zero-order valence-corrected chi connectivity index (χ0v) is 11.8. The quantitative estimate of drug-likeness (QED) is 0.790. The van der Waals surface area contributed by atoms with Crippen molar-refractivity contribution in [3.63, 3.8) is 0 Å². The summed E-state index contributed by atoms with van der Waals surface area (Å²) in [6.07, 6.45) is 0.421. The fourth-order valence-corrected chi connectivity index (χ4v) is 2.22. The molecule has 2 aromatic rings. The Morgan fingerprint density at radius 1 is 1.05 bits per heavy atom. The lowest BCUT2D eigenvalue weighted by molar-refractivity contribution is 0.0991. The molecular weight excluding hydrogens is 236 g/mol. The van der Waals surface area contributed by atoms with Gasteiger partial charge in [0.25, 0.3) is 0 Å². The van der Waals surface area contributed by atoms with Crippen molar-refractivity contribution in [2.45, 2.75) is 34.1 Å². The van der Waals surface area contributed by atoms with Crippen molar-refractivity contribution in [2.24, 2.45) is 0 Å². The maximum atomic E-state index is 12.4. The van der Waals surface area contributed by atoms with Crippen LogP contribution in [0.25, 0.3) is 0 Å². The zero-order chi connectivity index (χ0) is 14.0. The number of Topliss-reactive ketones (excluding diaryl/α,β-unsaturated/α-hetero) is 1. The molecule has 0 aliphatic carbocycles. The van der Waals surface area contributed by atoms with Crippen LogP contribution in [0.5, 0.6) is 0 Å². The molecule has 0 aliphatic heterocycles. The maximum absolute atomic E-state index is 12.4. The minimum atomic E-state index is 0.105. The van der Waals surface area contributed by atoms with E-state index in [4.69, 9.17) is 0 Å². The molecule has 0 bridgehead atoms. The summed E-state index contributed by atoms with van der Waals surface area (Å²) >= 11 is 0. The van der Waals surface area contributed by atoms with Gasteiger partial charge in [-0.05, 0) is 50.5 Å². The number of carbonyl (C=O) groups excluding carboxylic acids is 1. The van der Waals surface area contributed by atoms with E-state index in [1.54, 1.807) is 0 Å². The van der Waals surface area contributed by atoms with E-state index in [0.717, 1.165) is 22.4 Å². The molecular formula is C16H18N2O. The van der Waals surface area contributed by atoms with E-state index in [9.17, 15) is 4.79 Å². The van der Waals surface area contributed by atoms with Crippen molar-refractivity contribution >= 4 is 5.78 Å². The van der Waals surface area contributed by atoms with Crippen molar-refractivity contribution in [1.82, 2.24) is 10.2 Å². The normalized spacial score (nSPS) is 10.5. The van der Waals surface area contributed by atoms with E-state index in [2.05, 4.69) is 10.2 Å². The Hall–Kier alpha value is -2.03. The van der Waals surface area contributed by atoms with Gasteiger partial charge in [-0.25, -0.2) is 0 Å². The van der Waals surface area contributed by atoms with Crippen LogP contribution in [0.15, 0.2) is 24.3 Å². The molecule has 0 unspecified atom stereocenters. The molecule has 98 valence electrons. The molecule has 2 rings (SSSR count). The molecule has 0 saturated carbocycles. The number of benzene rings is 1. The van der Waals surface area contributed by atoms with Crippen molar-refractivity contribution < 1.29 is 4.79 Å². The van der Waals surface area contributed by atoms with Crippen molar-refractivity contribution in [2.75, 3.05) is 0 Å². The monoisotopic (exact) mass is 254 g/mol. The van der Waals surface area contributed by atoms with Crippen LogP contribution in [-0.4, -0.2) is 16.0 Å². The van der Waals surface area contributed by atoms with Gasteiger partial charge in [0.05, 0.1) is 11.4 Å². The molecule has 1 aromatic carbocycles. The third-order valence-corrected chi connectivity index (χ3v) is 3.38. The number of nitrogens with zero attached hydrogens (tertiary/aromatic N) is 2. The van der Waals surface area contributed by atoms with Gasteiger partial charge in [0.1, 0.15) is 0 Å². The molecule has 0 N–H and O–H groups in total. The van der Waals surface area contributed by atoms with Crippen LogP contribution in [0.2, 0.25) is 0 Å². The molecule has 0 radical (unpaired) electrons. The van der Waals surface area contributed by atoms with E-state index in [0.29, 0.717) is 17.7 Å². The number of ketones is 1. The van der Waals surface area contributed by atoms with Crippen LogP contribution < -0.4 is 0 Å². The van der Waals surface area contributed by atoms with E-state index in [-0.39, 0.29) is 5.78 Å². The second kappa shape index (κ2) is 5.31. The molecule has 0 saturated heterocycles. The Morgan fingerprint density at radius 3 is 2.32 bits per heavy atom. The first-order valence-electron chi connectivity index (χ1n) is 6.38. The highest BCUT2D eigenvalue weighted by atomic mass is 16.1. The predicted molar refractivity (Wildman–Crippen MR) is 75.5 cm³/mol. The smallest absolute Gasteiger partial charge is 0.169 e. The number of aromatic nitrogens is 2. The van der Waals surface area contributed by atoms with Crippen LogP contribution >= 0.6 is 0 Å². The summed E-state index contributed by atoms with van der Waals surface area (Å²) in [6, 6.07) is 7.91. The zero-order valence-electron chi connectivity index (χ0n) is 11.8. The fourth-order valence-electron chi connectivity index (χ4n) is 2.22. The summed E-state index contributed by atoms with van der Waals surface area (Å²) in [7, 11) is 0. The first-order chi connectivity index (χ1) is 8.99. The molecule has 1 aromatic heterocycles. The highest BCUT2D eigenvalue weighted by Gasteiger charge is 2.14. The van der Waals surface area contributed by atoms with Gasteiger partial charge >= 0.3 is 0 Å². The third kappa shape index (κ3) is 2.87. The maximum Gasteiger partial charge on any atom is 0.169 e. The van der Waals surface area contributed by atoms with E-state index in [1.807, 2.05) is 52.0 Å². The molecule has 0 aliphatic rings. The molecule has 0 amide bonds. The van der Waals surface area contributed by atoms with Crippen LogP contribution in [-0.2, 0) is 6.42 Å². The van der Waals surface area contributed by atoms with Crippen molar-refractivity contribution in [3.8, 4) is 0 Å². The van der Waals surface area contributed by atoms with E-state index in [1.165, 1.54) is 0 Å². The Morgan fingerprint density at radius 2 is 1.68 bits per heavy atom. The van der Waals surface area contributed by atoms with Gasteiger partial charge in [-0.3, -0.25) is 4.79 Å². The number of hydrogen-bond donors (Lipinski definition) is 0. The highest BCUT2D eigenvalue weighted by Crippen LogP contribution is 2.17. The third-order valence-electron chi connectivity index (χ3n) is 3.38. The molecule has 0 fully saturated rings. The molecule has 1 heterocycles. The standard InChI is InChI=1S/C16H18N2O/c1-10-6-5-7-11(2)14(10)9-16(19)15-8-12(3)17-18-13(15)4/h5-8H,9H2,1-4H3. The van der Waals surface area contributed by atoms with Gasteiger partial charge in [-0.15, -0.1) is 0 Å². The second-order valence-electron chi connectivity index (χ2n) is 4.96. The SMILES string of the molecule is Cc1cc(C(=O)Cc2c(C)cccc2C)c(C)nn1. The molecule has 3 nitrogen and oxygen atoms in total. The van der Waals surface area contributed by atoms with Crippen LogP contribution in [0.4, 0.5) is 0 Å². The number of hydrogen-bond acceptors (Lipinski definition) is 3. The first kappa shape index (κ1) is 13.4. The fraction of sp³-hybridized carbons (Fsp3) is 0.312. The van der Waals surface area contributed by atoms with Gasteiger partial charge in [0.15, 0.2) is 5.78 Å². The van der Waals surface area contributed by atoms with Crippen molar-refractivity contribution in [1.29, 1.82) is 0 Å². The minimum absolute atomic E-state index is 0.105. The molecule has 19 heavy (non-hydrogen) atoms. The van der Waals surface area contributed by atoms with Crippen LogP contribution in [0.1, 0.15) is 38.4 Å². The van der Waals surface area contributed by atoms with Gasteiger partial charge in [0, 0.05) is 12.0 Å². The van der Waals surface area contributed by atoms with Gasteiger partial charge in [-0.1, -0.05) is 18.2 Å². The number of carbonyl (C=O) groups is 1. The second-order valence-corrected chi connectivity index (χ2v) is 4.96. The summed E-state index contributed by atoms with van der Waals surface area (Å²) in [6.45, 7) is 7.75. The minimum Gasteiger partial charge on any atom is -0.294 e. The number of aryl methyl sites for hydroxylation is 4. The summed E-state index contributed by atoms with van der Waals surface area (Å²) in [5, 5.41) is 7.98. The molecule has 0 spiro atoms. The highest BCUT2D eigenvalue weighted by molar-refractivity contribution is 5.98.